The molecule has 0 amide bonds. The maximum absolute atomic E-state index is 6.25. The zero-order chi connectivity index (χ0) is 13.2. The summed E-state index contributed by atoms with van der Waals surface area (Å²) in [5.41, 5.74) is 7.22. The van der Waals surface area contributed by atoms with Gasteiger partial charge in [0.25, 0.3) is 0 Å². The van der Waals surface area contributed by atoms with Gasteiger partial charge in [-0.05, 0) is 17.7 Å². The zero-order valence-corrected chi connectivity index (χ0v) is 10.9. The van der Waals surface area contributed by atoms with E-state index >= 15 is 0 Å². The second kappa shape index (κ2) is 4.93. The third-order valence-electron chi connectivity index (χ3n) is 3.27. The molecule has 0 fully saturated rings. The number of hydrogen-bond donors (Lipinski definition) is 1. The number of nitrogens with zero attached hydrogens (tertiary/aromatic N) is 2. The Morgan fingerprint density at radius 1 is 1.26 bits per heavy atom. The SMILES string of the molecule is Cn1ccnc1C(N)c1ccc2c(c1)OCCCO2. The van der Waals surface area contributed by atoms with Gasteiger partial charge in [-0.25, -0.2) is 4.98 Å². The normalized spacial score (nSPS) is 15.9. The molecule has 0 bridgehead atoms. The van der Waals surface area contributed by atoms with E-state index in [0.717, 1.165) is 29.3 Å². The van der Waals surface area contributed by atoms with Crippen LogP contribution in [0.4, 0.5) is 0 Å². The number of aromatic nitrogens is 2. The van der Waals surface area contributed by atoms with Gasteiger partial charge in [-0.1, -0.05) is 6.07 Å². The lowest BCUT2D eigenvalue weighted by Gasteiger charge is -2.14. The molecule has 1 atom stereocenters. The van der Waals surface area contributed by atoms with Gasteiger partial charge in [0.05, 0.1) is 19.3 Å². The van der Waals surface area contributed by atoms with Gasteiger partial charge in [0.1, 0.15) is 5.82 Å². The molecular formula is C14H17N3O2. The Balaban J connectivity index is 1.93. The molecule has 1 aliphatic rings. The second-order valence-electron chi connectivity index (χ2n) is 4.63. The van der Waals surface area contributed by atoms with E-state index in [0.29, 0.717) is 13.2 Å². The van der Waals surface area contributed by atoms with E-state index < -0.39 is 0 Å². The molecule has 0 aliphatic carbocycles. The van der Waals surface area contributed by atoms with Crippen LogP contribution in [-0.4, -0.2) is 22.8 Å². The Bertz CT molecular complexity index is 580. The minimum atomic E-state index is -0.267. The third-order valence-corrected chi connectivity index (χ3v) is 3.27. The van der Waals surface area contributed by atoms with Crippen molar-refractivity contribution >= 4 is 0 Å². The Morgan fingerprint density at radius 3 is 2.79 bits per heavy atom. The predicted octanol–water partition coefficient (Wildman–Crippen LogP) is 1.63. The molecule has 0 spiro atoms. The minimum Gasteiger partial charge on any atom is -0.490 e. The van der Waals surface area contributed by atoms with E-state index in [1.54, 1.807) is 6.20 Å². The number of hydrogen-bond acceptors (Lipinski definition) is 4. The number of aryl methyl sites for hydroxylation is 1. The Hall–Kier alpha value is -2.01. The fourth-order valence-electron chi connectivity index (χ4n) is 2.20. The molecule has 0 saturated heterocycles. The number of rotatable bonds is 2. The van der Waals surface area contributed by atoms with Crippen molar-refractivity contribution in [2.45, 2.75) is 12.5 Å². The molecule has 5 heteroatoms. The molecule has 0 radical (unpaired) electrons. The van der Waals surface area contributed by atoms with Crippen molar-refractivity contribution in [2.24, 2.45) is 12.8 Å². The molecule has 2 aromatic rings. The van der Waals surface area contributed by atoms with Crippen LogP contribution in [0.5, 0.6) is 11.5 Å². The number of ether oxygens (including phenoxy) is 2. The summed E-state index contributed by atoms with van der Waals surface area (Å²) in [6.07, 6.45) is 4.53. The van der Waals surface area contributed by atoms with Crippen LogP contribution in [0.15, 0.2) is 30.6 Å². The molecule has 2 N–H and O–H groups in total. The Morgan fingerprint density at radius 2 is 2.05 bits per heavy atom. The molecule has 100 valence electrons. The molecule has 1 unspecified atom stereocenters. The van der Waals surface area contributed by atoms with E-state index in [4.69, 9.17) is 15.2 Å². The topological polar surface area (TPSA) is 62.3 Å². The van der Waals surface area contributed by atoms with Crippen LogP contribution in [0.3, 0.4) is 0 Å². The van der Waals surface area contributed by atoms with Gasteiger partial charge in [0, 0.05) is 25.9 Å². The van der Waals surface area contributed by atoms with Crippen molar-refractivity contribution in [1.82, 2.24) is 9.55 Å². The first-order valence-corrected chi connectivity index (χ1v) is 6.38. The lowest BCUT2D eigenvalue weighted by molar-refractivity contribution is 0.297. The van der Waals surface area contributed by atoms with Crippen LogP contribution in [0, 0.1) is 0 Å². The first-order chi connectivity index (χ1) is 9.25. The summed E-state index contributed by atoms with van der Waals surface area (Å²) in [4.78, 5) is 4.29. The summed E-state index contributed by atoms with van der Waals surface area (Å²) in [5, 5.41) is 0. The van der Waals surface area contributed by atoms with Crippen molar-refractivity contribution in [1.29, 1.82) is 0 Å². The average molecular weight is 259 g/mol. The van der Waals surface area contributed by atoms with E-state index in [2.05, 4.69) is 4.98 Å². The highest BCUT2D eigenvalue weighted by atomic mass is 16.5. The van der Waals surface area contributed by atoms with Crippen molar-refractivity contribution < 1.29 is 9.47 Å². The molecule has 0 saturated carbocycles. The van der Waals surface area contributed by atoms with E-state index in [1.807, 2.05) is 36.0 Å². The molecule has 3 rings (SSSR count). The molecule has 2 heterocycles. The van der Waals surface area contributed by atoms with Crippen molar-refractivity contribution in [2.75, 3.05) is 13.2 Å². The van der Waals surface area contributed by atoms with Gasteiger partial charge < -0.3 is 19.8 Å². The van der Waals surface area contributed by atoms with Crippen molar-refractivity contribution in [3.63, 3.8) is 0 Å². The second-order valence-corrected chi connectivity index (χ2v) is 4.63. The fourth-order valence-corrected chi connectivity index (χ4v) is 2.20. The summed E-state index contributed by atoms with van der Waals surface area (Å²) >= 11 is 0. The summed E-state index contributed by atoms with van der Waals surface area (Å²) in [6.45, 7) is 1.37. The highest BCUT2D eigenvalue weighted by molar-refractivity contribution is 5.45. The van der Waals surface area contributed by atoms with Gasteiger partial charge in [-0.15, -0.1) is 0 Å². The average Bonchev–Trinajstić information content (AvgIpc) is 2.72. The van der Waals surface area contributed by atoms with Gasteiger partial charge >= 0.3 is 0 Å². The maximum Gasteiger partial charge on any atom is 0.161 e. The Kier molecular flexibility index (Phi) is 3.13. The van der Waals surface area contributed by atoms with Gasteiger partial charge in [-0.2, -0.15) is 0 Å². The first-order valence-electron chi connectivity index (χ1n) is 6.38. The van der Waals surface area contributed by atoms with E-state index in [9.17, 15) is 0 Å². The van der Waals surface area contributed by atoms with Crippen LogP contribution >= 0.6 is 0 Å². The highest BCUT2D eigenvalue weighted by Gasteiger charge is 2.17. The quantitative estimate of drug-likeness (QED) is 0.890. The molecule has 5 nitrogen and oxygen atoms in total. The van der Waals surface area contributed by atoms with Crippen LogP contribution in [-0.2, 0) is 7.05 Å². The third kappa shape index (κ3) is 2.29. The van der Waals surface area contributed by atoms with Gasteiger partial charge in [-0.3, -0.25) is 0 Å². The van der Waals surface area contributed by atoms with Crippen LogP contribution < -0.4 is 15.2 Å². The molecule has 1 aromatic carbocycles. The van der Waals surface area contributed by atoms with Crippen LogP contribution in [0.25, 0.3) is 0 Å². The summed E-state index contributed by atoms with van der Waals surface area (Å²) in [7, 11) is 1.94. The van der Waals surface area contributed by atoms with Crippen LogP contribution in [0.2, 0.25) is 0 Å². The number of benzene rings is 1. The van der Waals surface area contributed by atoms with E-state index in [-0.39, 0.29) is 6.04 Å². The molecule has 19 heavy (non-hydrogen) atoms. The lowest BCUT2D eigenvalue weighted by atomic mass is 10.1. The number of nitrogens with two attached hydrogens (primary N) is 1. The number of fused-ring (bicyclic) bond motifs is 1. The van der Waals surface area contributed by atoms with Crippen LogP contribution in [0.1, 0.15) is 23.9 Å². The van der Waals surface area contributed by atoms with Gasteiger partial charge in [0.2, 0.25) is 0 Å². The smallest absolute Gasteiger partial charge is 0.161 e. The monoisotopic (exact) mass is 259 g/mol. The highest BCUT2D eigenvalue weighted by Crippen LogP contribution is 2.32. The summed E-state index contributed by atoms with van der Waals surface area (Å²) < 4.78 is 13.2. The zero-order valence-electron chi connectivity index (χ0n) is 10.9. The maximum atomic E-state index is 6.25. The minimum absolute atomic E-state index is 0.267. The van der Waals surface area contributed by atoms with Crippen molar-refractivity contribution in [3.8, 4) is 11.5 Å². The number of imidazole rings is 1. The lowest BCUT2D eigenvalue weighted by Crippen LogP contribution is -2.16. The standard InChI is InChI=1S/C14H17N3O2/c1-17-6-5-16-14(17)13(15)10-3-4-11-12(9-10)19-8-2-7-18-11/h3-6,9,13H,2,7-8,15H2,1H3. The van der Waals surface area contributed by atoms with Gasteiger partial charge in [0.15, 0.2) is 11.5 Å². The Labute approximate surface area is 112 Å². The molecule has 1 aliphatic heterocycles. The first kappa shape index (κ1) is 12.0. The summed E-state index contributed by atoms with van der Waals surface area (Å²) in [5.74, 6) is 2.38. The van der Waals surface area contributed by atoms with E-state index in [1.165, 1.54) is 0 Å². The fraction of sp³-hybridized carbons (Fsp3) is 0.357. The molecular weight excluding hydrogens is 242 g/mol. The molecule has 1 aromatic heterocycles. The summed E-state index contributed by atoms with van der Waals surface area (Å²) in [6, 6.07) is 5.56. The predicted molar refractivity (Wildman–Crippen MR) is 71.3 cm³/mol. The largest absolute Gasteiger partial charge is 0.490 e. The van der Waals surface area contributed by atoms with Crippen molar-refractivity contribution in [3.05, 3.63) is 42.0 Å².